The molecule has 0 bridgehead atoms. The Hall–Kier alpha value is -1.18. The van der Waals surface area contributed by atoms with Gasteiger partial charge in [0.25, 0.3) is 0 Å². The maximum Gasteiger partial charge on any atom is 0.194 e. The van der Waals surface area contributed by atoms with Gasteiger partial charge in [0.15, 0.2) is 5.78 Å². The monoisotopic (exact) mass is 379 g/mol. The molecule has 19 heavy (non-hydrogen) atoms. The van der Waals surface area contributed by atoms with Gasteiger partial charge in [-0.2, -0.15) is 5.26 Å². The standard InChI is InChI=1S/C15H11Br2NO/c1-7(2)13-14(8(3)6-18)9-4-11(16)12(17)5-10(9)15(13)19/h4-5H,1-3H3/b14-8+. The molecule has 0 atom stereocenters. The van der Waals surface area contributed by atoms with Crippen molar-refractivity contribution in [3.63, 3.8) is 0 Å². The molecule has 0 saturated heterocycles. The van der Waals surface area contributed by atoms with E-state index < -0.39 is 0 Å². The predicted molar refractivity (Wildman–Crippen MR) is 82.8 cm³/mol. The second-order valence-corrected chi connectivity index (χ2v) is 6.34. The van der Waals surface area contributed by atoms with E-state index in [0.717, 1.165) is 25.7 Å². The number of hydrogen-bond acceptors (Lipinski definition) is 2. The number of nitriles is 1. The number of halogens is 2. The summed E-state index contributed by atoms with van der Waals surface area (Å²) in [7, 11) is 0. The Balaban J connectivity index is 2.91. The zero-order valence-corrected chi connectivity index (χ0v) is 13.9. The molecule has 0 aliphatic heterocycles. The van der Waals surface area contributed by atoms with Crippen molar-refractivity contribution in [2.75, 3.05) is 0 Å². The van der Waals surface area contributed by atoms with Crippen molar-refractivity contribution in [2.45, 2.75) is 20.8 Å². The first kappa shape index (κ1) is 14.2. The highest BCUT2D eigenvalue weighted by molar-refractivity contribution is 9.13. The topological polar surface area (TPSA) is 40.9 Å². The molecule has 1 aromatic carbocycles. The highest BCUT2D eigenvalue weighted by Gasteiger charge is 2.32. The van der Waals surface area contributed by atoms with Gasteiger partial charge in [0, 0.05) is 31.2 Å². The lowest BCUT2D eigenvalue weighted by molar-refractivity contribution is 0.104. The molecule has 0 saturated carbocycles. The highest BCUT2D eigenvalue weighted by atomic mass is 79.9. The van der Waals surface area contributed by atoms with Crippen molar-refractivity contribution in [1.82, 2.24) is 0 Å². The van der Waals surface area contributed by atoms with Crippen LogP contribution in [0.1, 0.15) is 36.7 Å². The minimum absolute atomic E-state index is 0.00667. The Bertz CT molecular complexity index is 702. The van der Waals surface area contributed by atoms with Crippen molar-refractivity contribution in [3.05, 3.63) is 48.9 Å². The Kier molecular flexibility index (Phi) is 3.80. The third-order valence-corrected chi connectivity index (χ3v) is 4.94. The van der Waals surface area contributed by atoms with Gasteiger partial charge >= 0.3 is 0 Å². The molecule has 0 spiro atoms. The van der Waals surface area contributed by atoms with Gasteiger partial charge < -0.3 is 0 Å². The van der Waals surface area contributed by atoms with Crippen LogP contribution in [-0.2, 0) is 0 Å². The van der Waals surface area contributed by atoms with Gasteiger partial charge in [-0.05, 0) is 70.3 Å². The first-order chi connectivity index (χ1) is 8.88. The summed E-state index contributed by atoms with van der Waals surface area (Å²) in [6.07, 6.45) is 0. The lowest BCUT2D eigenvalue weighted by Gasteiger charge is -2.05. The van der Waals surface area contributed by atoms with Crippen LogP contribution in [0.5, 0.6) is 0 Å². The molecule has 1 aliphatic carbocycles. The molecule has 2 rings (SSSR count). The van der Waals surface area contributed by atoms with E-state index >= 15 is 0 Å². The van der Waals surface area contributed by atoms with Gasteiger partial charge in [0.1, 0.15) is 0 Å². The molecule has 96 valence electrons. The average Bonchev–Trinajstić information content (AvgIpc) is 2.63. The zero-order chi connectivity index (χ0) is 14.3. The van der Waals surface area contributed by atoms with Crippen molar-refractivity contribution in [3.8, 4) is 6.07 Å². The number of benzene rings is 1. The van der Waals surface area contributed by atoms with E-state index in [9.17, 15) is 4.79 Å². The van der Waals surface area contributed by atoms with Gasteiger partial charge in [0.05, 0.1) is 6.07 Å². The SMILES string of the molecule is CC(C)=C1C(=O)c2cc(Br)c(Br)cc2/C1=C(/C)C#N. The van der Waals surface area contributed by atoms with Crippen LogP contribution in [0.4, 0.5) is 0 Å². The van der Waals surface area contributed by atoms with Crippen LogP contribution < -0.4 is 0 Å². The quantitative estimate of drug-likeness (QED) is 0.467. The van der Waals surface area contributed by atoms with Gasteiger partial charge in [-0.3, -0.25) is 4.79 Å². The van der Waals surface area contributed by atoms with Crippen molar-refractivity contribution in [2.24, 2.45) is 0 Å². The highest BCUT2D eigenvalue weighted by Crippen LogP contribution is 2.43. The number of ketones is 1. The normalized spacial score (nSPS) is 16.2. The van der Waals surface area contributed by atoms with Crippen LogP contribution in [-0.4, -0.2) is 5.78 Å². The van der Waals surface area contributed by atoms with Crippen LogP contribution in [0.25, 0.3) is 5.57 Å². The van der Waals surface area contributed by atoms with E-state index in [4.69, 9.17) is 5.26 Å². The summed E-state index contributed by atoms with van der Waals surface area (Å²) < 4.78 is 1.71. The van der Waals surface area contributed by atoms with Gasteiger partial charge in [0.2, 0.25) is 0 Å². The summed E-state index contributed by atoms with van der Waals surface area (Å²) in [5.74, 6) is -0.00667. The average molecular weight is 381 g/mol. The van der Waals surface area contributed by atoms with Crippen LogP contribution in [0, 0.1) is 11.3 Å². The second-order valence-electron chi connectivity index (χ2n) is 4.63. The Morgan fingerprint density at radius 1 is 1.05 bits per heavy atom. The molecule has 1 aliphatic rings. The number of Topliss-reactive ketones (excluding diaryl/α,β-unsaturated/α-hetero) is 1. The first-order valence-corrected chi connectivity index (χ1v) is 7.30. The molecule has 0 unspecified atom stereocenters. The maximum absolute atomic E-state index is 12.5. The van der Waals surface area contributed by atoms with E-state index in [1.54, 1.807) is 6.92 Å². The molecule has 4 heteroatoms. The largest absolute Gasteiger partial charge is 0.289 e. The molecular formula is C15H11Br2NO. The van der Waals surface area contributed by atoms with Crippen molar-refractivity contribution in [1.29, 1.82) is 5.26 Å². The molecule has 2 nitrogen and oxygen atoms in total. The summed E-state index contributed by atoms with van der Waals surface area (Å²) in [5.41, 5.74) is 4.39. The predicted octanol–water partition coefficient (Wildman–Crippen LogP) is 5.04. The van der Waals surface area contributed by atoms with E-state index in [2.05, 4.69) is 37.9 Å². The van der Waals surface area contributed by atoms with Gasteiger partial charge in [-0.15, -0.1) is 0 Å². The molecular weight excluding hydrogens is 370 g/mol. The molecule has 0 radical (unpaired) electrons. The van der Waals surface area contributed by atoms with E-state index in [1.807, 2.05) is 26.0 Å². The van der Waals surface area contributed by atoms with E-state index in [-0.39, 0.29) is 5.78 Å². The van der Waals surface area contributed by atoms with E-state index in [1.165, 1.54) is 0 Å². The summed E-state index contributed by atoms with van der Waals surface area (Å²) in [5, 5.41) is 9.17. The fourth-order valence-corrected chi connectivity index (χ4v) is 2.93. The number of carbonyl (C=O) groups is 1. The van der Waals surface area contributed by atoms with Crippen molar-refractivity contribution < 1.29 is 4.79 Å². The Morgan fingerprint density at radius 2 is 1.58 bits per heavy atom. The number of allylic oxidation sites excluding steroid dienone is 4. The minimum atomic E-state index is -0.00667. The fourth-order valence-electron chi connectivity index (χ4n) is 2.25. The van der Waals surface area contributed by atoms with Gasteiger partial charge in [-0.25, -0.2) is 0 Å². The number of rotatable bonds is 0. The van der Waals surface area contributed by atoms with Crippen LogP contribution in [0.15, 0.2) is 37.8 Å². The molecule has 0 N–H and O–H groups in total. The summed E-state index contributed by atoms with van der Waals surface area (Å²) >= 11 is 6.86. The lowest BCUT2D eigenvalue weighted by atomic mass is 9.97. The Labute approximate surface area is 129 Å². The minimum Gasteiger partial charge on any atom is -0.289 e. The lowest BCUT2D eigenvalue weighted by Crippen LogP contribution is -1.97. The van der Waals surface area contributed by atoms with Crippen molar-refractivity contribution >= 4 is 43.2 Å². The summed E-state index contributed by atoms with van der Waals surface area (Å²) in [4.78, 5) is 12.5. The summed E-state index contributed by atoms with van der Waals surface area (Å²) in [6.45, 7) is 5.54. The second kappa shape index (κ2) is 5.07. The maximum atomic E-state index is 12.5. The fraction of sp³-hybridized carbons (Fsp3) is 0.200. The number of hydrogen-bond donors (Lipinski definition) is 0. The first-order valence-electron chi connectivity index (χ1n) is 5.71. The van der Waals surface area contributed by atoms with E-state index in [0.29, 0.717) is 16.7 Å². The van der Waals surface area contributed by atoms with Crippen LogP contribution in [0.2, 0.25) is 0 Å². The molecule has 0 aromatic heterocycles. The molecule has 0 fully saturated rings. The number of nitrogens with zero attached hydrogens (tertiary/aromatic N) is 1. The summed E-state index contributed by atoms with van der Waals surface area (Å²) in [6, 6.07) is 5.85. The number of fused-ring (bicyclic) bond motifs is 1. The molecule has 0 heterocycles. The molecule has 0 amide bonds. The smallest absolute Gasteiger partial charge is 0.194 e. The molecule has 1 aromatic rings. The zero-order valence-electron chi connectivity index (χ0n) is 10.8. The number of carbonyl (C=O) groups excluding carboxylic acids is 1. The third-order valence-electron chi connectivity index (χ3n) is 3.09. The van der Waals surface area contributed by atoms with Crippen LogP contribution in [0.3, 0.4) is 0 Å². The van der Waals surface area contributed by atoms with Gasteiger partial charge in [-0.1, -0.05) is 5.57 Å². The third kappa shape index (κ3) is 2.22. The Morgan fingerprint density at radius 3 is 2.05 bits per heavy atom. The van der Waals surface area contributed by atoms with Crippen LogP contribution >= 0.6 is 31.9 Å².